The maximum atomic E-state index is 5.92. The molecule has 20 heavy (non-hydrogen) atoms. The number of aromatic nitrogens is 2. The Morgan fingerprint density at radius 2 is 2.25 bits per heavy atom. The van der Waals surface area contributed by atoms with Crippen LogP contribution in [0.15, 0.2) is 34.9 Å². The third-order valence-electron chi connectivity index (χ3n) is 3.24. The largest absolute Gasteiger partial charge is 0.482 e. The van der Waals surface area contributed by atoms with Crippen LogP contribution in [-0.4, -0.2) is 16.5 Å². The number of nitrogens with zero attached hydrogens (tertiary/aromatic N) is 2. The van der Waals surface area contributed by atoms with Gasteiger partial charge in [0.1, 0.15) is 11.6 Å². The van der Waals surface area contributed by atoms with E-state index in [1.807, 2.05) is 18.2 Å². The first-order chi connectivity index (χ1) is 9.78. The number of benzene rings is 1. The molecule has 0 aliphatic carbocycles. The lowest BCUT2D eigenvalue weighted by molar-refractivity contribution is 0.227. The van der Waals surface area contributed by atoms with Gasteiger partial charge in [0.25, 0.3) is 0 Å². The van der Waals surface area contributed by atoms with Gasteiger partial charge in [0.05, 0.1) is 4.47 Å². The fraction of sp³-hybridized carbons (Fsp3) is 0.333. The SMILES string of the molecule is CCCNc1nc(C2Cc3ccccc3O2)ncc1Br. The van der Waals surface area contributed by atoms with Crippen molar-refractivity contribution in [3.63, 3.8) is 0 Å². The second kappa shape index (κ2) is 5.79. The van der Waals surface area contributed by atoms with Crippen LogP contribution in [0, 0.1) is 0 Å². The van der Waals surface area contributed by atoms with Crippen LogP contribution in [0.3, 0.4) is 0 Å². The summed E-state index contributed by atoms with van der Waals surface area (Å²) >= 11 is 3.47. The minimum Gasteiger partial charge on any atom is -0.482 e. The predicted molar refractivity (Wildman–Crippen MR) is 82.0 cm³/mol. The molecule has 0 radical (unpaired) electrons. The van der Waals surface area contributed by atoms with Gasteiger partial charge in [-0.3, -0.25) is 0 Å². The fourth-order valence-electron chi connectivity index (χ4n) is 2.23. The minimum atomic E-state index is -0.0947. The van der Waals surface area contributed by atoms with E-state index < -0.39 is 0 Å². The lowest BCUT2D eigenvalue weighted by Crippen LogP contribution is -2.11. The lowest BCUT2D eigenvalue weighted by Gasteiger charge is -2.12. The number of nitrogens with one attached hydrogen (secondary N) is 1. The Morgan fingerprint density at radius 3 is 3.05 bits per heavy atom. The van der Waals surface area contributed by atoms with Crippen LogP contribution >= 0.6 is 15.9 Å². The number of hydrogen-bond donors (Lipinski definition) is 1. The van der Waals surface area contributed by atoms with E-state index in [1.165, 1.54) is 5.56 Å². The molecule has 0 bridgehead atoms. The van der Waals surface area contributed by atoms with Gasteiger partial charge >= 0.3 is 0 Å². The van der Waals surface area contributed by atoms with E-state index in [2.05, 4.69) is 44.2 Å². The second-order valence-electron chi connectivity index (χ2n) is 4.77. The number of rotatable bonds is 4. The molecule has 1 unspecified atom stereocenters. The van der Waals surface area contributed by atoms with Crippen LogP contribution in [0.25, 0.3) is 0 Å². The zero-order valence-electron chi connectivity index (χ0n) is 11.3. The molecule has 1 aliphatic rings. The minimum absolute atomic E-state index is 0.0947. The highest BCUT2D eigenvalue weighted by Crippen LogP contribution is 2.35. The fourth-order valence-corrected chi connectivity index (χ4v) is 2.56. The van der Waals surface area contributed by atoms with Crippen LogP contribution in [0.5, 0.6) is 5.75 Å². The number of para-hydroxylation sites is 1. The van der Waals surface area contributed by atoms with E-state index in [0.29, 0.717) is 0 Å². The quantitative estimate of drug-likeness (QED) is 0.925. The Balaban J connectivity index is 1.82. The molecular weight excluding hydrogens is 318 g/mol. The number of halogens is 1. The molecule has 1 atom stereocenters. The molecule has 0 amide bonds. The molecule has 0 spiro atoms. The smallest absolute Gasteiger partial charge is 0.171 e. The summed E-state index contributed by atoms with van der Waals surface area (Å²) in [5, 5.41) is 3.29. The van der Waals surface area contributed by atoms with Crippen molar-refractivity contribution >= 4 is 21.7 Å². The standard InChI is InChI=1S/C15H16BrN3O/c1-2-7-17-14-11(16)9-18-15(19-14)13-8-10-5-3-4-6-12(10)20-13/h3-6,9,13H,2,7-8H2,1H3,(H,17,18,19). The second-order valence-corrected chi connectivity index (χ2v) is 5.62. The summed E-state index contributed by atoms with van der Waals surface area (Å²) in [6, 6.07) is 8.09. The van der Waals surface area contributed by atoms with Crippen molar-refractivity contribution in [3.8, 4) is 5.75 Å². The van der Waals surface area contributed by atoms with Crippen LogP contribution in [0.4, 0.5) is 5.82 Å². The summed E-state index contributed by atoms with van der Waals surface area (Å²) < 4.78 is 6.80. The van der Waals surface area contributed by atoms with Gasteiger partial charge < -0.3 is 10.1 Å². The van der Waals surface area contributed by atoms with Crippen molar-refractivity contribution in [2.24, 2.45) is 0 Å². The Kier molecular flexibility index (Phi) is 3.87. The van der Waals surface area contributed by atoms with E-state index in [-0.39, 0.29) is 6.10 Å². The molecule has 3 rings (SSSR count). The monoisotopic (exact) mass is 333 g/mol. The Bertz CT molecular complexity index is 593. The maximum absolute atomic E-state index is 5.92. The maximum Gasteiger partial charge on any atom is 0.171 e. The van der Waals surface area contributed by atoms with Crippen LogP contribution in [0.2, 0.25) is 0 Å². The molecule has 5 heteroatoms. The van der Waals surface area contributed by atoms with Crippen molar-refractivity contribution < 1.29 is 4.74 Å². The highest BCUT2D eigenvalue weighted by atomic mass is 79.9. The van der Waals surface area contributed by atoms with Crippen molar-refractivity contribution in [3.05, 3.63) is 46.3 Å². The zero-order valence-corrected chi connectivity index (χ0v) is 12.9. The summed E-state index contributed by atoms with van der Waals surface area (Å²) in [6.45, 7) is 3.01. The van der Waals surface area contributed by atoms with Gasteiger partial charge in [0, 0.05) is 19.2 Å². The van der Waals surface area contributed by atoms with Crippen LogP contribution < -0.4 is 10.1 Å². The number of anilines is 1. The Hall–Kier alpha value is -1.62. The number of hydrogen-bond acceptors (Lipinski definition) is 4. The average Bonchev–Trinajstić information content (AvgIpc) is 2.90. The van der Waals surface area contributed by atoms with Gasteiger partial charge in [0.15, 0.2) is 11.9 Å². The van der Waals surface area contributed by atoms with Crippen molar-refractivity contribution in [1.29, 1.82) is 0 Å². The van der Waals surface area contributed by atoms with Crippen molar-refractivity contribution in [1.82, 2.24) is 9.97 Å². The zero-order chi connectivity index (χ0) is 13.9. The van der Waals surface area contributed by atoms with Gasteiger partial charge in [-0.25, -0.2) is 9.97 Å². The summed E-state index contributed by atoms with van der Waals surface area (Å²) in [5.74, 6) is 2.49. The lowest BCUT2D eigenvalue weighted by atomic mass is 10.1. The van der Waals surface area contributed by atoms with E-state index in [4.69, 9.17) is 4.74 Å². The normalized spacial score (nSPS) is 16.6. The molecule has 4 nitrogen and oxygen atoms in total. The average molecular weight is 334 g/mol. The highest BCUT2D eigenvalue weighted by Gasteiger charge is 2.26. The molecule has 2 heterocycles. The van der Waals surface area contributed by atoms with E-state index >= 15 is 0 Å². The van der Waals surface area contributed by atoms with Gasteiger partial charge in [-0.05, 0) is 34.0 Å². The molecular formula is C15H16BrN3O. The third-order valence-corrected chi connectivity index (χ3v) is 3.82. The number of ether oxygens (including phenoxy) is 1. The number of fused-ring (bicyclic) bond motifs is 1. The predicted octanol–water partition coefficient (Wildman–Crippen LogP) is 3.74. The summed E-state index contributed by atoms with van der Waals surface area (Å²) in [4.78, 5) is 8.97. The van der Waals surface area contributed by atoms with E-state index in [1.54, 1.807) is 6.20 Å². The van der Waals surface area contributed by atoms with Gasteiger partial charge in [-0.15, -0.1) is 0 Å². The molecule has 104 valence electrons. The van der Waals surface area contributed by atoms with Crippen molar-refractivity contribution in [2.45, 2.75) is 25.9 Å². The molecule has 1 N–H and O–H groups in total. The Labute approximate surface area is 126 Å². The summed E-state index contributed by atoms with van der Waals surface area (Å²) in [7, 11) is 0. The summed E-state index contributed by atoms with van der Waals surface area (Å²) in [6.07, 6.45) is 3.57. The molecule has 0 fully saturated rings. The molecule has 1 aromatic carbocycles. The van der Waals surface area contributed by atoms with E-state index in [9.17, 15) is 0 Å². The first kappa shape index (κ1) is 13.4. The first-order valence-electron chi connectivity index (χ1n) is 6.78. The van der Waals surface area contributed by atoms with Crippen LogP contribution in [-0.2, 0) is 6.42 Å². The molecule has 1 aliphatic heterocycles. The third kappa shape index (κ3) is 2.63. The summed E-state index contributed by atoms with van der Waals surface area (Å²) in [5.41, 5.74) is 1.21. The van der Waals surface area contributed by atoms with Crippen LogP contribution in [0.1, 0.15) is 30.8 Å². The Morgan fingerprint density at radius 1 is 1.40 bits per heavy atom. The first-order valence-corrected chi connectivity index (χ1v) is 7.58. The van der Waals surface area contributed by atoms with Gasteiger partial charge in [-0.2, -0.15) is 0 Å². The van der Waals surface area contributed by atoms with Gasteiger partial charge in [0.2, 0.25) is 0 Å². The van der Waals surface area contributed by atoms with Gasteiger partial charge in [-0.1, -0.05) is 25.1 Å². The van der Waals surface area contributed by atoms with E-state index in [0.717, 1.165) is 41.3 Å². The molecule has 0 saturated heterocycles. The molecule has 0 saturated carbocycles. The highest BCUT2D eigenvalue weighted by molar-refractivity contribution is 9.10. The topological polar surface area (TPSA) is 47.0 Å². The van der Waals surface area contributed by atoms with Crippen molar-refractivity contribution in [2.75, 3.05) is 11.9 Å². The molecule has 1 aromatic heterocycles. The molecule has 2 aromatic rings.